The molecule has 1 aliphatic rings. The molecule has 0 spiro atoms. The van der Waals surface area contributed by atoms with Crippen molar-refractivity contribution in [3.8, 4) is 0 Å². The summed E-state index contributed by atoms with van der Waals surface area (Å²) in [6.07, 6.45) is 1.16. The number of hydrogen-bond donors (Lipinski definition) is 2. The molecule has 2 N–H and O–H groups in total. The highest BCUT2D eigenvalue weighted by Gasteiger charge is 2.17. The van der Waals surface area contributed by atoms with E-state index in [1.807, 2.05) is 0 Å². The molecule has 18 heavy (non-hydrogen) atoms. The van der Waals surface area contributed by atoms with Crippen LogP contribution in [0.4, 0.5) is 0 Å². The van der Waals surface area contributed by atoms with Crippen LogP contribution < -0.4 is 15.3 Å². The molecule has 6 nitrogen and oxygen atoms in total. The molecule has 1 saturated heterocycles. The van der Waals surface area contributed by atoms with E-state index in [1.54, 1.807) is 4.90 Å². The molecule has 0 aromatic carbocycles. The summed E-state index contributed by atoms with van der Waals surface area (Å²) in [7, 11) is 0. The lowest BCUT2D eigenvalue weighted by Crippen LogP contribution is -3.14. The number of hydrogen-bond acceptors (Lipinski definition) is 4. The van der Waals surface area contributed by atoms with E-state index in [0.717, 1.165) is 26.1 Å². The monoisotopic (exact) mass is 257 g/mol. The lowest BCUT2D eigenvalue weighted by atomic mass is 10.2. The van der Waals surface area contributed by atoms with Crippen molar-refractivity contribution in [3.05, 3.63) is 0 Å². The second kappa shape index (κ2) is 8.05. The lowest BCUT2D eigenvalue weighted by molar-refractivity contribution is -0.902. The number of likely N-dealkylation sites (N-methyl/N-ethyl adjacent to an activating group) is 1. The summed E-state index contributed by atoms with van der Waals surface area (Å²) in [4.78, 5) is 25.4. The van der Waals surface area contributed by atoms with Crippen molar-refractivity contribution in [1.29, 1.82) is 0 Å². The van der Waals surface area contributed by atoms with Crippen LogP contribution in [0, 0.1) is 0 Å². The highest BCUT2D eigenvalue weighted by Crippen LogP contribution is 1.96. The summed E-state index contributed by atoms with van der Waals surface area (Å²) in [5.74, 6) is -1.46. The number of amides is 1. The Hall–Kier alpha value is -1.14. The molecule has 1 heterocycles. The molecule has 1 rings (SSSR count). The number of rotatable bonds is 7. The van der Waals surface area contributed by atoms with E-state index in [-0.39, 0.29) is 5.91 Å². The largest absolute Gasteiger partial charge is 0.548 e. The Labute approximate surface area is 108 Å². The van der Waals surface area contributed by atoms with Gasteiger partial charge in [0.05, 0.1) is 32.1 Å². The summed E-state index contributed by atoms with van der Waals surface area (Å²) in [6.45, 7) is 8.42. The molecule has 1 amide bonds. The van der Waals surface area contributed by atoms with Gasteiger partial charge in [0, 0.05) is 19.5 Å². The summed E-state index contributed by atoms with van der Waals surface area (Å²) in [6, 6.07) is 0. The van der Waals surface area contributed by atoms with E-state index < -0.39 is 12.5 Å². The predicted octanol–water partition coefficient (Wildman–Crippen LogP) is -3.15. The molecule has 0 bridgehead atoms. The molecule has 0 atom stereocenters. The van der Waals surface area contributed by atoms with E-state index in [0.29, 0.717) is 6.42 Å². The van der Waals surface area contributed by atoms with E-state index in [4.69, 9.17) is 0 Å². The molecule has 0 radical (unpaired) electrons. The topological polar surface area (TPSA) is 76.9 Å². The highest BCUT2D eigenvalue weighted by atomic mass is 16.4. The smallest absolute Gasteiger partial charge is 0.220 e. The van der Waals surface area contributed by atoms with Crippen molar-refractivity contribution in [2.75, 3.05) is 45.8 Å². The normalized spacial score (nSPS) is 17.6. The van der Waals surface area contributed by atoms with Crippen molar-refractivity contribution < 1.29 is 19.6 Å². The summed E-state index contributed by atoms with van der Waals surface area (Å²) < 4.78 is 0. The van der Waals surface area contributed by atoms with Gasteiger partial charge in [-0.25, -0.2) is 0 Å². The zero-order chi connectivity index (χ0) is 13.4. The van der Waals surface area contributed by atoms with Crippen LogP contribution in [0.15, 0.2) is 0 Å². The molecule has 104 valence electrons. The van der Waals surface area contributed by atoms with Crippen LogP contribution >= 0.6 is 0 Å². The summed E-state index contributed by atoms with van der Waals surface area (Å²) in [5, 5.41) is 12.5. The Bertz CT molecular complexity index is 276. The van der Waals surface area contributed by atoms with Crippen molar-refractivity contribution >= 4 is 11.9 Å². The van der Waals surface area contributed by atoms with Crippen LogP contribution in [0.1, 0.15) is 19.8 Å². The minimum absolute atomic E-state index is 0.211. The molecule has 1 fully saturated rings. The summed E-state index contributed by atoms with van der Waals surface area (Å²) >= 11 is 0. The van der Waals surface area contributed by atoms with Gasteiger partial charge in [-0.1, -0.05) is 0 Å². The lowest BCUT2D eigenvalue weighted by Gasteiger charge is -2.31. The number of nitrogens with zero attached hydrogens (tertiary/aromatic N) is 1. The maximum absolute atomic E-state index is 11.3. The second-order valence-corrected chi connectivity index (χ2v) is 4.70. The van der Waals surface area contributed by atoms with Gasteiger partial charge in [-0.05, 0) is 19.9 Å². The SMILES string of the molecule is CC[NH+]1CCN(CCCC(=O)NCC(=O)[O-])CC1. The maximum Gasteiger partial charge on any atom is 0.220 e. The molecular weight excluding hydrogens is 234 g/mol. The van der Waals surface area contributed by atoms with Gasteiger partial charge in [-0.3, -0.25) is 9.69 Å². The van der Waals surface area contributed by atoms with Crippen LogP contribution in [-0.4, -0.2) is 62.6 Å². The fourth-order valence-electron chi connectivity index (χ4n) is 2.17. The van der Waals surface area contributed by atoms with E-state index in [9.17, 15) is 14.7 Å². The molecule has 6 heteroatoms. The van der Waals surface area contributed by atoms with Crippen LogP contribution in [0.2, 0.25) is 0 Å². The molecule has 0 saturated carbocycles. The number of carbonyl (C=O) groups excluding carboxylic acids is 2. The quantitative estimate of drug-likeness (QED) is 0.505. The Morgan fingerprint density at radius 3 is 2.56 bits per heavy atom. The van der Waals surface area contributed by atoms with Crippen LogP contribution in [0.3, 0.4) is 0 Å². The summed E-state index contributed by atoms with van der Waals surface area (Å²) in [5.41, 5.74) is 0. The van der Waals surface area contributed by atoms with Gasteiger partial charge in [0.25, 0.3) is 0 Å². The third-order valence-corrected chi connectivity index (χ3v) is 3.37. The fourth-order valence-corrected chi connectivity index (χ4v) is 2.17. The number of piperazine rings is 1. The average molecular weight is 257 g/mol. The first kappa shape index (κ1) is 14.9. The zero-order valence-corrected chi connectivity index (χ0v) is 11.0. The van der Waals surface area contributed by atoms with Gasteiger partial charge in [-0.15, -0.1) is 0 Å². The van der Waals surface area contributed by atoms with Crippen LogP contribution in [0.25, 0.3) is 0 Å². The number of aliphatic carboxylic acids is 1. The van der Waals surface area contributed by atoms with Crippen LogP contribution in [0.5, 0.6) is 0 Å². The Balaban J connectivity index is 2.04. The van der Waals surface area contributed by atoms with Gasteiger partial charge in [-0.2, -0.15) is 0 Å². The van der Waals surface area contributed by atoms with Crippen molar-refractivity contribution in [1.82, 2.24) is 10.2 Å². The van der Waals surface area contributed by atoms with Gasteiger partial charge < -0.3 is 20.1 Å². The predicted molar refractivity (Wildman–Crippen MR) is 64.9 cm³/mol. The van der Waals surface area contributed by atoms with E-state index in [2.05, 4.69) is 17.1 Å². The van der Waals surface area contributed by atoms with E-state index >= 15 is 0 Å². The third-order valence-electron chi connectivity index (χ3n) is 3.37. The first-order valence-electron chi connectivity index (χ1n) is 6.64. The number of carbonyl (C=O) groups is 2. The van der Waals surface area contributed by atoms with Gasteiger partial charge in [0.1, 0.15) is 0 Å². The fraction of sp³-hybridized carbons (Fsp3) is 0.833. The number of carboxylic acids is 1. The van der Waals surface area contributed by atoms with Gasteiger partial charge in [0.2, 0.25) is 5.91 Å². The average Bonchev–Trinajstić information content (AvgIpc) is 2.37. The zero-order valence-electron chi connectivity index (χ0n) is 11.0. The Kier molecular flexibility index (Phi) is 6.67. The Morgan fingerprint density at radius 1 is 1.33 bits per heavy atom. The first-order chi connectivity index (χ1) is 8.61. The highest BCUT2D eigenvalue weighted by molar-refractivity contribution is 5.80. The minimum atomic E-state index is -1.25. The molecular formula is C12H23N3O3. The van der Waals surface area contributed by atoms with Crippen molar-refractivity contribution in [3.63, 3.8) is 0 Å². The Morgan fingerprint density at radius 2 is 2.00 bits per heavy atom. The van der Waals surface area contributed by atoms with Crippen molar-refractivity contribution in [2.45, 2.75) is 19.8 Å². The molecule has 1 aliphatic heterocycles. The van der Waals surface area contributed by atoms with Gasteiger partial charge in [0.15, 0.2) is 0 Å². The van der Waals surface area contributed by atoms with E-state index in [1.165, 1.54) is 19.6 Å². The number of quaternary nitrogens is 1. The molecule has 0 unspecified atom stereocenters. The van der Waals surface area contributed by atoms with Crippen molar-refractivity contribution in [2.24, 2.45) is 0 Å². The van der Waals surface area contributed by atoms with Gasteiger partial charge >= 0.3 is 0 Å². The maximum atomic E-state index is 11.3. The number of nitrogens with one attached hydrogen (secondary N) is 2. The first-order valence-corrected chi connectivity index (χ1v) is 6.64. The standard InChI is InChI=1S/C12H23N3O3/c1-2-14-6-8-15(9-7-14)5-3-4-11(16)13-10-12(17)18/h2-10H2,1H3,(H,13,16)(H,17,18). The van der Waals surface area contributed by atoms with Crippen LogP contribution in [-0.2, 0) is 9.59 Å². The molecule has 0 aromatic heterocycles. The second-order valence-electron chi connectivity index (χ2n) is 4.70. The number of carboxylic acid groups (broad SMARTS) is 1. The molecule has 0 aliphatic carbocycles. The molecule has 0 aromatic rings. The minimum Gasteiger partial charge on any atom is -0.548 e. The third kappa shape index (κ3) is 5.97.